The Bertz CT molecular complexity index is 1430. The van der Waals surface area contributed by atoms with Gasteiger partial charge in [-0.3, -0.25) is 14.2 Å². The van der Waals surface area contributed by atoms with Gasteiger partial charge in [-0.25, -0.2) is 15.0 Å². The Morgan fingerprint density at radius 3 is 2.73 bits per heavy atom. The van der Waals surface area contributed by atoms with Crippen LogP contribution in [0.1, 0.15) is 40.3 Å². The molecule has 6 heterocycles. The van der Waals surface area contributed by atoms with E-state index in [9.17, 15) is 9.59 Å². The molecular formula is C23H24N6O2S2. The first kappa shape index (κ1) is 20.7. The number of aromatic nitrogens is 4. The maximum Gasteiger partial charge on any atom is 0.264 e. The van der Waals surface area contributed by atoms with Crippen molar-refractivity contribution in [1.82, 2.24) is 24.4 Å². The molecule has 1 fully saturated rings. The van der Waals surface area contributed by atoms with Gasteiger partial charge in [-0.15, -0.1) is 22.7 Å². The topological polar surface area (TPSA) is 84.2 Å². The zero-order valence-electron chi connectivity index (χ0n) is 18.4. The number of carbonyl (C=O) groups is 1. The molecule has 1 amide bonds. The Labute approximate surface area is 198 Å². The van der Waals surface area contributed by atoms with Crippen molar-refractivity contribution in [3.63, 3.8) is 0 Å². The Balaban J connectivity index is 1.26. The number of rotatable bonds is 2. The van der Waals surface area contributed by atoms with Crippen molar-refractivity contribution < 1.29 is 4.79 Å². The third-order valence-electron chi connectivity index (χ3n) is 6.71. The second kappa shape index (κ2) is 8.18. The standard InChI is InChI=1S/C23H24N6O2S2/c1-14-17-21(26-16-5-3-2-4-7-29(16)22(17)30)33-18(14)23(31)28-10-8-27(9-11-28)19-15-6-12-32-20(15)25-13-24-19/h6,12-13H,2-5,7-11H2,1H3. The molecule has 170 valence electrons. The monoisotopic (exact) mass is 480 g/mol. The maximum atomic E-state index is 13.4. The zero-order chi connectivity index (χ0) is 22.5. The molecule has 33 heavy (non-hydrogen) atoms. The molecule has 4 aromatic rings. The molecule has 0 aliphatic carbocycles. The summed E-state index contributed by atoms with van der Waals surface area (Å²) in [6, 6.07) is 2.06. The van der Waals surface area contributed by atoms with Crippen LogP contribution in [0.2, 0.25) is 0 Å². The van der Waals surface area contributed by atoms with Crippen LogP contribution in [0.3, 0.4) is 0 Å². The van der Waals surface area contributed by atoms with Crippen LogP contribution < -0.4 is 10.5 Å². The van der Waals surface area contributed by atoms with E-state index in [2.05, 4.69) is 20.9 Å². The number of nitrogens with zero attached hydrogens (tertiary/aromatic N) is 6. The van der Waals surface area contributed by atoms with E-state index in [1.165, 1.54) is 11.3 Å². The summed E-state index contributed by atoms with van der Waals surface area (Å²) in [6.07, 6.45) is 5.62. The predicted molar refractivity (Wildman–Crippen MR) is 132 cm³/mol. The van der Waals surface area contributed by atoms with Crippen LogP contribution in [0.25, 0.3) is 20.4 Å². The Hall–Kier alpha value is -2.85. The van der Waals surface area contributed by atoms with Gasteiger partial charge in [0.25, 0.3) is 11.5 Å². The second-order valence-electron chi connectivity index (χ2n) is 8.65. The van der Waals surface area contributed by atoms with Crippen molar-refractivity contribution >= 4 is 54.8 Å². The number of hydrogen-bond donors (Lipinski definition) is 0. The average Bonchev–Trinajstić information content (AvgIpc) is 3.36. The third-order valence-corrected chi connectivity index (χ3v) is 8.71. The quantitative estimate of drug-likeness (QED) is 0.437. The second-order valence-corrected chi connectivity index (χ2v) is 10.5. The van der Waals surface area contributed by atoms with Crippen molar-refractivity contribution in [2.24, 2.45) is 0 Å². The van der Waals surface area contributed by atoms with Gasteiger partial charge in [-0.05, 0) is 36.8 Å². The number of thiophene rings is 2. The van der Waals surface area contributed by atoms with Gasteiger partial charge in [-0.1, -0.05) is 6.42 Å². The number of hydrogen-bond acceptors (Lipinski definition) is 8. The molecule has 0 N–H and O–H groups in total. The van der Waals surface area contributed by atoms with Gasteiger partial charge in [-0.2, -0.15) is 0 Å². The summed E-state index contributed by atoms with van der Waals surface area (Å²) in [5.41, 5.74) is 0.785. The van der Waals surface area contributed by atoms with Crippen molar-refractivity contribution in [3.05, 3.63) is 44.4 Å². The summed E-state index contributed by atoms with van der Waals surface area (Å²) >= 11 is 2.98. The van der Waals surface area contributed by atoms with Crippen molar-refractivity contribution in [3.8, 4) is 0 Å². The summed E-state index contributed by atoms with van der Waals surface area (Å²) < 4.78 is 1.83. The number of aryl methyl sites for hydroxylation is 2. The maximum absolute atomic E-state index is 13.4. The van der Waals surface area contributed by atoms with Crippen LogP contribution in [0.5, 0.6) is 0 Å². The van der Waals surface area contributed by atoms with E-state index in [0.717, 1.165) is 59.7 Å². The third kappa shape index (κ3) is 3.43. The highest BCUT2D eigenvalue weighted by Gasteiger charge is 2.28. The van der Waals surface area contributed by atoms with E-state index in [-0.39, 0.29) is 11.5 Å². The van der Waals surface area contributed by atoms with Gasteiger partial charge in [0.1, 0.15) is 27.6 Å². The fourth-order valence-electron chi connectivity index (χ4n) is 4.91. The molecule has 8 nitrogen and oxygen atoms in total. The minimum atomic E-state index is -0.00175. The Kier molecular flexibility index (Phi) is 5.14. The zero-order valence-corrected chi connectivity index (χ0v) is 20.0. The first-order chi connectivity index (χ1) is 16.1. The lowest BCUT2D eigenvalue weighted by Crippen LogP contribution is -2.49. The van der Waals surface area contributed by atoms with E-state index in [1.54, 1.807) is 17.7 Å². The molecular weight excluding hydrogens is 456 g/mol. The summed E-state index contributed by atoms with van der Waals surface area (Å²) in [4.78, 5) is 46.8. The minimum Gasteiger partial charge on any atom is -0.352 e. The molecule has 1 saturated heterocycles. The van der Waals surface area contributed by atoms with Gasteiger partial charge < -0.3 is 9.80 Å². The predicted octanol–water partition coefficient (Wildman–Crippen LogP) is 3.46. The van der Waals surface area contributed by atoms with Gasteiger partial charge in [0.2, 0.25) is 0 Å². The van der Waals surface area contributed by atoms with E-state index in [4.69, 9.17) is 4.98 Å². The van der Waals surface area contributed by atoms with E-state index < -0.39 is 0 Å². The minimum absolute atomic E-state index is 0.00175. The van der Waals surface area contributed by atoms with Crippen molar-refractivity contribution in [2.45, 2.75) is 39.2 Å². The molecule has 4 aromatic heterocycles. The van der Waals surface area contributed by atoms with Crippen LogP contribution >= 0.6 is 22.7 Å². The van der Waals surface area contributed by atoms with Crippen LogP contribution in [0.4, 0.5) is 5.82 Å². The summed E-state index contributed by atoms with van der Waals surface area (Å²) in [6.45, 7) is 5.27. The van der Waals surface area contributed by atoms with Gasteiger partial charge in [0.05, 0.1) is 15.6 Å². The highest BCUT2D eigenvalue weighted by atomic mass is 32.1. The molecule has 0 bridgehead atoms. The van der Waals surface area contributed by atoms with Gasteiger partial charge in [0, 0.05) is 39.1 Å². The highest BCUT2D eigenvalue weighted by Crippen LogP contribution is 2.31. The number of piperazine rings is 1. The van der Waals surface area contributed by atoms with E-state index in [1.807, 2.05) is 21.8 Å². The lowest BCUT2D eigenvalue weighted by atomic mass is 10.2. The van der Waals surface area contributed by atoms with Crippen LogP contribution in [0.15, 0.2) is 22.6 Å². The lowest BCUT2D eigenvalue weighted by Gasteiger charge is -2.35. The highest BCUT2D eigenvalue weighted by molar-refractivity contribution is 7.20. The summed E-state index contributed by atoms with van der Waals surface area (Å²) in [7, 11) is 0. The molecule has 0 saturated carbocycles. The van der Waals surface area contributed by atoms with Gasteiger partial charge in [0.15, 0.2) is 0 Å². The molecule has 2 aliphatic rings. The normalized spacial score (nSPS) is 16.9. The van der Waals surface area contributed by atoms with E-state index >= 15 is 0 Å². The molecule has 0 atom stereocenters. The van der Waals surface area contributed by atoms with Crippen LogP contribution in [-0.2, 0) is 13.0 Å². The van der Waals surface area contributed by atoms with Crippen molar-refractivity contribution in [1.29, 1.82) is 0 Å². The lowest BCUT2D eigenvalue weighted by molar-refractivity contribution is 0.0751. The molecule has 0 spiro atoms. The Morgan fingerprint density at radius 2 is 1.88 bits per heavy atom. The molecule has 0 radical (unpaired) electrons. The van der Waals surface area contributed by atoms with Gasteiger partial charge >= 0.3 is 0 Å². The molecule has 2 aliphatic heterocycles. The largest absolute Gasteiger partial charge is 0.352 e. The average molecular weight is 481 g/mol. The molecule has 0 aromatic carbocycles. The van der Waals surface area contributed by atoms with Crippen molar-refractivity contribution in [2.75, 3.05) is 31.1 Å². The number of anilines is 1. The fraction of sp³-hybridized carbons (Fsp3) is 0.435. The summed E-state index contributed by atoms with van der Waals surface area (Å²) in [5, 5.41) is 3.71. The molecule has 10 heteroatoms. The SMILES string of the molecule is Cc1c(C(=O)N2CCN(c3ncnc4sccc34)CC2)sc2nc3n(c(=O)c12)CCCCC3. The molecule has 6 rings (SSSR count). The smallest absolute Gasteiger partial charge is 0.264 e. The van der Waals surface area contributed by atoms with Crippen LogP contribution in [-0.4, -0.2) is 56.5 Å². The fourth-order valence-corrected chi connectivity index (χ4v) is 6.79. The van der Waals surface area contributed by atoms with Crippen LogP contribution in [0, 0.1) is 6.92 Å². The Morgan fingerprint density at radius 1 is 1.03 bits per heavy atom. The number of fused-ring (bicyclic) bond motifs is 3. The first-order valence-electron chi connectivity index (χ1n) is 11.4. The summed E-state index contributed by atoms with van der Waals surface area (Å²) in [5.74, 6) is 1.80. The van der Waals surface area contributed by atoms with E-state index in [0.29, 0.717) is 41.3 Å². The number of amides is 1. The first-order valence-corrected chi connectivity index (χ1v) is 13.1. The molecule has 0 unspecified atom stereocenters. The number of carbonyl (C=O) groups excluding carboxylic acids is 1.